The molecule has 8 heteroatoms. The molecule has 0 spiro atoms. The lowest BCUT2D eigenvalue weighted by Gasteiger charge is -2.36. The van der Waals surface area contributed by atoms with Crippen molar-refractivity contribution in [3.63, 3.8) is 0 Å². The molecule has 0 atom stereocenters. The van der Waals surface area contributed by atoms with Crippen LogP contribution in [0.15, 0.2) is 47.5 Å². The summed E-state index contributed by atoms with van der Waals surface area (Å²) in [6.45, 7) is 5.41. The average molecular weight is 540 g/mol. The van der Waals surface area contributed by atoms with E-state index in [0.717, 1.165) is 55.7 Å². The molecule has 31 heavy (non-hydrogen) atoms. The van der Waals surface area contributed by atoms with Crippen LogP contribution in [0.4, 0.5) is 0 Å². The second-order valence-electron chi connectivity index (χ2n) is 7.16. The normalized spacial score (nSPS) is 14.6. The van der Waals surface area contributed by atoms with Crippen LogP contribution in [0.25, 0.3) is 0 Å². The van der Waals surface area contributed by atoms with Gasteiger partial charge >= 0.3 is 0 Å². The minimum atomic E-state index is 0. The van der Waals surface area contributed by atoms with Crippen LogP contribution in [0, 0.1) is 0 Å². The third-order valence-electron chi connectivity index (χ3n) is 5.37. The summed E-state index contributed by atoms with van der Waals surface area (Å²) in [7, 11) is 6.75. The molecule has 0 aromatic heterocycles. The van der Waals surface area contributed by atoms with Gasteiger partial charge in [-0.2, -0.15) is 0 Å². The fourth-order valence-electron chi connectivity index (χ4n) is 3.71. The van der Waals surface area contributed by atoms with E-state index >= 15 is 0 Å². The number of piperazine rings is 1. The predicted molar refractivity (Wildman–Crippen MR) is 135 cm³/mol. The molecule has 1 N–H and O–H groups in total. The second-order valence-corrected chi connectivity index (χ2v) is 7.16. The second kappa shape index (κ2) is 12.6. The monoisotopic (exact) mass is 540 g/mol. The number of nitrogens with one attached hydrogen (secondary N) is 1. The Morgan fingerprint density at radius 3 is 2.06 bits per heavy atom. The molecule has 1 aliphatic heterocycles. The Kier molecular flexibility index (Phi) is 10.2. The van der Waals surface area contributed by atoms with E-state index in [2.05, 4.69) is 50.4 Å². The lowest BCUT2D eigenvalue weighted by molar-refractivity contribution is 0.172. The molecule has 0 aliphatic carbocycles. The molecule has 2 aromatic rings. The van der Waals surface area contributed by atoms with Crippen molar-refractivity contribution >= 4 is 29.9 Å². The molecule has 7 nitrogen and oxygen atoms in total. The third kappa shape index (κ3) is 6.64. The smallest absolute Gasteiger partial charge is 0.194 e. The van der Waals surface area contributed by atoms with Crippen LogP contribution in [0.2, 0.25) is 0 Å². The number of hydrogen-bond acceptors (Lipinski definition) is 5. The predicted octanol–water partition coefficient (Wildman–Crippen LogP) is 3.22. The average Bonchev–Trinajstić information content (AvgIpc) is 2.80. The minimum absolute atomic E-state index is 0. The van der Waals surface area contributed by atoms with E-state index in [9.17, 15) is 0 Å². The van der Waals surface area contributed by atoms with Gasteiger partial charge in [-0.3, -0.25) is 9.89 Å². The molecule has 0 saturated carbocycles. The first-order valence-electron chi connectivity index (χ1n) is 10.2. The number of halogens is 1. The summed E-state index contributed by atoms with van der Waals surface area (Å²) in [5.41, 5.74) is 2.29. The van der Waals surface area contributed by atoms with Gasteiger partial charge in [-0.15, -0.1) is 24.0 Å². The first-order valence-corrected chi connectivity index (χ1v) is 10.2. The maximum absolute atomic E-state index is 5.55. The summed E-state index contributed by atoms with van der Waals surface area (Å²) in [5.74, 6) is 3.03. The molecule has 1 aliphatic rings. The molecule has 0 radical (unpaired) electrons. The van der Waals surface area contributed by atoms with Crippen LogP contribution in [0.1, 0.15) is 11.1 Å². The van der Waals surface area contributed by atoms with Crippen molar-refractivity contribution in [2.75, 3.05) is 54.6 Å². The highest BCUT2D eigenvalue weighted by molar-refractivity contribution is 14.0. The molecule has 1 heterocycles. The van der Waals surface area contributed by atoms with Gasteiger partial charge in [-0.05, 0) is 5.56 Å². The number of rotatable bonds is 7. The van der Waals surface area contributed by atoms with E-state index in [0.29, 0.717) is 12.3 Å². The lowest BCUT2D eigenvalue weighted by atomic mass is 10.1. The SMILES string of the molecule is CN=C(NCc1c(OC)cc(OC)cc1OC)N1CCN(Cc2ccccc2)CC1.I. The largest absolute Gasteiger partial charge is 0.496 e. The van der Waals surface area contributed by atoms with Crippen LogP contribution < -0.4 is 19.5 Å². The fourth-order valence-corrected chi connectivity index (χ4v) is 3.71. The molecule has 0 unspecified atom stereocenters. The first kappa shape index (κ1) is 25.1. The van der Waals surface area contributed by atoms with Gasteiger partial charge in [0, 0.05) is 51.9 Å². The molecule has 2 aromatic carbocycles. The Hall–Kier alpha value is -2.20. The van der Waals surface area contributed by atoms with Gasteiger partial charge in [-0.25, -0.2) is 0 Å². The van der Waals surface area contributed by atoms with Gasteiger partial charge in [-0.1, -0.05) is 30.3 Å². The highest BCUT2D eigenvalue weighted by Gasteiger charge is 2.21. The van der Waals surface area contributed by atoms with Crippen LogP contribution in [0.3, 0.4) is 0 Å². The van der Waals surface area contributed by atoms with Gasteiger partial charge < -0.3 is 24.4 Å². The number of nitrogens with zero attached hydrogens (tertiary/aromatic N) is 3. The molecule has 1 saturated heterocycles. The van der Waals surface area contributed by atoms with Gasteiger partial charge in [0.2, 0.25) is 0 Å². The molecular weight excluding hydrogens is 507 g/mol. The number of methoxy groups -OCH3 is 3. The number of benzene rings is 2. The molecule has 3 rings (SSSR count). The summed E-state index contributed by atoms with van der Waals surface area (Å²) in [6.07, 6.45) is 0. The minimum Gasteiger partial charge on any atom is -0.496 e. The van der Waals surface area contributed by atoms with E-state index < -0.39 is 0 Å². The maximum atomic E-state index is 5.55. The topological polar surface area (TPSA) is 58.6 Å². The Labute approximate surface area is 202 Å². The molecular formula is C23H33IN4O3. The van der Waals surface area contributed by atoms with E-state index in [1.165, 1.54) is 5.56 Å². The van der Waals surface area contributed by atoms with Crippen molar-refractivity contribution in [1.29, 1.82) is 0 Å². The van der Waals surface area contributed by atoms with Crippen molar-refractivity contribution in [2.24, 2.45) is 4.99 Å². The number of ether oxygens (including phenoxy) is 3. The summed E-state index contributed by atoms with van der Waals surface area (Å²) in [5, 5.41) is 3.46. The summed E-state index contributed by atoms with van der Waals surface area (Å²) in [6, 6.07) is 14.3. The molecule has 0 amide bonds. The Bertz CT molecular complexity index is 815. The van der Waals surface area contributed by atoms with Crippen LogP contribution in [-0.4, -0.2) is 70.3 Å². The van der Waals surface area contributed by atoms with Gasteiger partial charge in [0.1, 0.15) is 17.2 Å². The highest BCUT2D eigenvalue weighted by Crippen LogP contribution is 2.33. The van der Waals surface area contributed by atoms with Gasteiger partial charge in [0.15, 0.2) is 5.96 Å². The Morgan fingerprint density at radius 2 is 1.55 bits per heavy atom. The van der Waals surface area contributed by atoms with E-state index in [1.54, 1.807) is 21.3 Å². The number of aliphatic imine (C=N–C) groups is 1. The Morgan fingerprint density at radius 1 is 0.935 bits per heavy atom. The van der Waals surface area contributed by atoms with Crippen molar-refractivity contribution in [2.45, 2.75) is 13.1 Å². The van der Waals surface area contributed by atoms with E-state index in [-0.39, 0.29) is 24.0 Å². The lowest BCUT2D eigenvalue weighted by Crippen LogP contribution is -2.52. The quantitative estimate of drug-likeness (QED) is 0.331. The first-order chi connectivity index (χ1) is 14.7. The van der Waals surface area contributed by atoms with Crippen molar-refractivity contribution in [1.82, 2.24) is 15.1 Å². The zero-order chi connectivity index (χ0) is 21.3. The van der Waals surface area contributed by atoms with Gasteiger partial charge in [0.05, 0.1) is 33.4 Å². The zero-order valence-electron chi connectivity index (χ0n) is 18.8. The van der Waals surface area contributed by atoms with E-state index in [1.807, 2.05) is 19.2 Å². The standard InChI is InChI=1S/C23H32N4O3.HI/c1-24-23(25-16-20-21(29-3)14-19(28-2)15-22(20)30-4)27-12-10-26(11-13-27)17-18-8-6-5-7-9-18;/h5-9,14-15H,10-13,16-17H2,1-4H3,(H,24,25);1H. The van der Waals surface area contributed by atoms with Gasteiger partial charge in [0.25, 0.3) is 0 Å². The van der Waals surface area contributed by atoms with Crippen molar-refractivity contribution in [3.05, 3.63) is 53.6 Å². The fraction of sp³-hybridized carbons (Fsp3) is 0.435. The third-order valence-corrected chi connectivity index (χ3v) is 5.37. The Balaban J connectivity index is 0.00000341. The van der Waals surface area contributed by atoms with Crippen LogP contribution in [-0.2, 0) is 13.1 Å². The highest BCUT2D eigenvalue weighted by atomic mass is 127. The van der Waals surface area contributed by atoms with Crippen LogP contribution in [0.5, 0.6) is 17.2 Å². The van der Waals surface area contributed by atoms with Crippen molar-refractivity contribution in [3.8, 4) is 17.2 Å². The molecule has 1 fully saturated rings. The number of guanidine groups is 1. The summed E-state index contributed by atoms with van der Waals surface area (Å²) >= 11 is 0. The van der Waals surface area contributed by atoms with Crippen molar-refractivity contribution < 1.29 is 14.2 Å². The summed E-state index contributed by atoms with van der Waals surface area (Å²) in [4.78, 5) is 9.26. The van der Waals surface area contributed by atoms with Crippen LogP contribution >= 0.6 is 24.0 Å². The number of hydrogen-bond donors (Lipinski definition) is 1. The maximum Gasteiger partial charge on any atom is 0.194 e. The molecule has 0 bridgehead atoms. The summed E-state index contributed by atoms with van der Waals surface area (Å²) < 4.78 is 16.4. The van der Waals surface area contributed by atoms with E-state index in [4.69, 9.17) is 14.2 Å². The zero-order valence-corrected chi connectivity index (χ0v) is 21.1. The molecule has 170 valence electrons.